The molecule has 0 bridgehead atoms. The number of carbonyl (C=O) groups is 2. The normalized spacial score (nSPS) is 11.0. The summed E-state index contributed by atoms with van der Waals surface area (Å²) in [5.41, 5.74) is 0.232. The smallest absolute Gasteiger partial charge is 0.362 e. The third-order valence-corrected chi connectivity index (χ3v) is 3.54. The van der Waals surface area contributed by atoms with E-state index in [1.807, 2.05) is 0 Å². The van der Waals surface area contributed by atoms with Crippen molar-refractivity contribution in [3.8, 4) is 11.5 Å². The van der Waals surface area contributed by atoms with Crippen molar-refractivity contribution in [2.45, 2.75) is 12.8 Å². The number of amides is 1. The molecule has 0 saturated heterocycles. The summed E-state index contributed by atoms with van der Waals surface area (Å²) >= 11 is 0. The molecule has 0 saturated carbocycles. The van der Waals surface area contributed by atoms with Crippen molar-refractivity contribution in [3.05, 3.63) is 59.7 Å². The molecule has 0 spiro atoms. The second-order valence-corrected chi connectivity index (χ2v) is 5.76. The molecule has 0 fully saturated rings. The predicted octanol–water partition coefficient (Wildman–Crippen LogP) is 3.06. The average Bonchev–Trinajstić information content (AvgIpc) is 3.17. The molecule has 1 N–H and O–H groups in total. The molecule has 0 unspecified atom stereocenters. The minimum atomic E-state index is -3.32. The average molecular weight is 404 g/mol. The van der Waals surface area contributed by atoms with E-state index in [1.165, 1.54) is 43.6 Å². The molecule has 0 aliphatic heterocycles. The molecule has 2 heterocycles. The zero-order valence-corrected chi connectivity index (χ0v) is 15.2. The van der Waals surface area contributed by atoms with E-state index in [4.69, 9.17) is 9.47 Å². The number of ether oxygens (including phenoxy) is 2. The van der Waals surface area contributed by atoms with Gasteiger partial charge in [-0.05, 0) is 41.6 Å². The maximum atomic E-state index is 13.1. The van der Waals surface area contributed by atoms with E-state index in [0.717, 1.165) is 0 Å². The van der Waals surface area contributed by atoms with Gasteiger partial charge in [0, 0.05) is 12.5 Å². The first kappa shape index (κ1) is 19.9. The molecule has 0 atom stereocenters. The van der Waals surface area contributed by atoms with Crippen LogP contribution in [0.5, 0.6) is 11.5 Å². The van der Waals surface area contributed by atoms with Crippen LogP contribution in [-0.4, -0.2) is 34.1 Å². The maximum absolute atomic E-state index is 13.1. The van der Waals surface area contributed by atoms with Crippen LogP contribution in [0.15, 0.2) is 47.1 Å². The molecule has 3 rings (SSSR count). The van der Waals surface area contributed by atoms with Gasteiger partial charge < -0.3 is 14.0 Å². The van der Waals surface area contributed by atoms with Crippen molar-refractivity contribution in [1.29, 1.82) is 0 Å². The molecule has 150 valence electrons. The fourth-order valence-electron chi connectivity index (χ4n) is 2.08. The SMILES string of the molecule is COc1ccc(C(=O)Oc2ccc(C(=O)Nc3noc(C(C)(F)F)n3)cc2)nc1. The van der Waals surface area contributed by atoms with E-state index < -0.39 is 29.6 Å². The number of rotatable bonds is 6. The largest absolute Gasteiger partial charge is 0.495 e. The number of esters is 1. The van der Waals surface area contributed by atoms with Crippen LogP contribution in [-0.2, 0) is 5.92 Å². The van der Waals surface area contributed by atoms with Crippen LogP contribution >= 0.6 is 0 Å². The van der Waals surface area contributed by atoms with Crippen LogP contribution in [0.3, 0.4) is 0 Å². The van der Waals surface area contributed by atoms with Crippen LogP contribution in [0, 0.1) is 0 Å². The van der Waals surface area contributed by atoms with Crippen molar-refractivity contribution in [1.82, 2.24) is 15.1 Å². The van der Waals surface area contributed by atoms with Crippen LogP contribution < -0.4 is 14.8 Å². The highest BCUT2D eigenvalue weighted by molar-refractivity contribution is 6.03. The van der Waals surface area contributed by atoms with E-state index in [9.17, 15) is 18.4 Å². The van der Waals surface area contributed by atoms with Crippen LogP contribution in [0.2, 0.25) is 0 Å². The van der Waals surface area contributed by atoms with Gasteiger partial charge in [0.1, 0.15) is 17.2 Å². The molecule has 2 aromatic heterocycles. The summed E-state index contributed by atoms with van der Waals surface area (Å²) in [7, 11) is 1.48. The first-order valence-corrected chi connectivity index (χ1v) is 8.12. The third-order valence-electron chi connectivity index (χ3n) is 3.54. The Balaban J connectivity index is 1.62. The number of aromatic nitrogens is 3. The fourth-order valence-corrected chi connectivity index (χ4v) is 2.08. The molecule has 29 heavy (non-hydrogen) atoms. The quantitative estimate of drug-likeness (QED) is 0.492. The van der Waals surface area contributed by atoms with Gasteiger partial charge >= 0.3 is 11.9 Å². The molecular formula is C18H14F2N4O5. The molecule has 1 aromatic carbocycles. The number of nitrogens with zero attached hydrogens (tertiary/aromatic N) is 3. The van der Waals surface area contributed by atoms with Gasteiger partial charge in [-0.3, -0.25) is 10.1 Å². The lowest BCUT2D eigenvalue weighted by Crippen LogP contribution is -2.14. The van der Waals surface area contributed by atoms with E-state index >= 15 is 0 Å². The lowest BCUT2D eigenvalue weighted by Gasteiger charge is -2.06. The Morgan fingerprint density at radius 2 is 1.79 bits per heavy atom. The summed E-state index contributed by atoms with van der Waals surface area (Å²) < 4.78 is 40.7. The highest BCUT2D eigenvalue weighted by Crippen LogP contribution is 2.25. The summed E-state index contributed by atoms with van der Waals surface area (Å²) in [4.78, 5) is 31.5. The highest BCUT2D eigenvalue weighted by Gasteiger charge is 2.32. The molecule has 11 heteroatoms. The number of benzene rings is 1. The Hall–Kier alpha value is -3.89. The number of alkyl halides is 2. The summed E-state index contributed by atoms with van der Waals surface area (Å²) in [6.07, 6.45) is 1.38. The van der Waals surface area contributed by atoms with Crippen LogP contribution in [0.1, 0.15) is 33.7 Å². The van der Waals surface area contributed by atoms with Crippen molar-refractivity contribution in [3.63, 3.8) is 0 Å². The molecule has 0 aliphatic carbocycles. The van der Waals surface area contributed by atoms with Crippen LogP contribution in [0.4, 0.5) is 14.7 Å². The molecule has 9 nitrogen and oxygen atoms in total. The maximum Gasteiger partial charge on any atom is 0.362 e. The Labute approximate surface area is 162 Å². The highest BCUT2D eigenvalue weighted by atomic mass is 19.3. The number of anilines is 1. The van der Waals surface area contributed by atoms with E-state index in [-0.39, 0.29) is 17.0 Å². The summed E-state index contributed by atoms with van der Waals surface area (Å²) in [6.45, 7) is 0.591. The van der Waals surface area contributed by atoms with Crippen molar-refractivity contribution in [2.24, 2.45) is 0 Å². The number of hydrogen-bond donors (Lipinski definition) is 1. The number of halogens is 2. The first-order valence-electron chi connectivity index (χ1n) is 8.12. The lowest BCUT2D eigenvalue weighted by molar-refractivity contribution is -0.0158. The topological polar surface area (TPSA) is 116 Å². The fraction of sp³-hybridized carbons (Fsp3) is 0.167. The summed E-state index contributed by atoms with van der Waals surface area (Å²) in [5, 5.41) is 5.50. The number of carbonyl (C=O) groups excluding carboxylic acids is 2. The standard InChI is InChI=1S/C18H14F2N4O5/c1-18(19,20)16-23-17(24-29-16)22-14(25)10-3-5-11(6-4-10)28-15(26)13-8-7-12(27-2)9-21-13/h3-9H,1-2H3,(H,22,24,25). The third kappa shape index (κ3) is 4.89. The number of nitrogens with one attached hydrogen (secondary N) is 1. The number of pyridine rings is 1. The van der Waals surface area contributed by atoms with Gasteiger partial charge in [0.2, 0.25) is 0 Å². The minimum Gasteiger partial charge on any atom is -0.495 e. The minimum absolute atomic E-state index is 0.0771. The second-order valence-electron chi connectivity index (χ2n) is 5.76. The van der Waals surface area contributed by atoms with Crippen molar-refractivity contribution < 1.29 is 32.4 Å². The van der Waals surface area contributed by atoms with Gasteiger partial charge in [-0.15, -0.1) is 0 Å². The number of methoxy groups -OCH3 is 1. The lowest BCUT2D eigenvalue weighted by atomic mass is 10.2. The molecule has 0 aliphatic rings. The van der Waals surface area contributed by atoms with Gasteiger partial charge in [-0.1, -0.05) is 0 Å². The first-order chi connectivity index (χ1) is 13.8. The predicted molar refractivity (Wildman–Crippen MR) is 94.0 cm³/mol. The molecule has 1 amide bonds. The van der Waals surface area contributed by atoms with Crippen molar-refractivity contribution in [2.75, 3.05) is 12.4 Å². The van der Waals surface area contributed by atoms with Gasteiger partial charge in [0.25, 0.3) is 17.7 Å². The Kier molecular flexibility index (Phi) is 5.48. The molecule has 3 aromatic rings. The zero-order valence-electron chi connectivity index (χ0n) is 15.2. The molecular weight excluding hydrogens is 390 g/mol. The van der Waals surface area contributed by atoms with Gasteiger partial charge in [-0.25, -0.2) is 9.78 Å². The van der Waals surface area contributed by atoms with Gasteiger partial charge in [0.15, 0.2) is 0 Å². The summed E-state index contributed by atoms with van der Waals surface area (Å²) in [6, 6.07) is 8.52. The second kappa shape index (κ2) is 8.00. The Morgan fingerprint density at radius 1 is 1.10 bits per heavy atom. The summed E-state index contributed by atoms with van der Waals surface area (Å²) in [5.74, 6) is -5.31. The monoisotopic (exact) mass is 404 g/mol. The van der Waals surface area contributed by atoms with E-state index in [2.05, 4.69) is 25.0 Å². The van der Waals surface area contributed by atoms with Gasteiger partial charge in [0.05, 0.1) is 13.3 Å². The Morgan fingerprint density at radius 3 is 2.34 bits per heavy atom. The van der Waals surface area contributed by atoms with Gasteiger partial charge in [-0.2, -0.15) is 13.8 Å². The Bertz CT molecular complexity index is 1010. The van der Waals surface area contributed by atoms with Crippen molar-refractivity contribution >= 4 is 17.8 Å². The molecule has 0 radical (unpaired) electrons. The van der Waals surface area contributed by atoms with E-state index in [0.29, 0.717) is 12.7 Å². The zero-order chi connectivity index (χ0) is 21.0. The van der Waals surface area contributed by atoms with E-state index in [1.54, 1.807) is 6.07 Å². The number of hydrogen-bond acceptors (Lipinski definition) is 8. The van der Waals surface area contributed by atoms with Crippen LogP contribution in [0.25, 0.3) is 0 Å².